The Labute approximate surface area is 121 Å². The molecule has 2 aromatic carbocycles. The van der Waals surface area contributed by atoms with Gasteiger partial charge in [0.1, 0.15) is 0 Å². The van der Waals surface area contributed by atoms with Gasteiger partial charge in [-0.3, -0.25) is 0 Å². The third-order valence-corrected chi connectivity index (χ3v) is 2.64. The van der Waals surface area contributed by atoms with Crippen LogP contribution in [0.15, 0.2) is 86.3 Å². The lowest BCUT2D eigenvalue weighted by Crippen LogP contribution is -2.15. The molecule has 104 valence electrons. The Morgan fingerprint density at radius 1 is 0.850 bits per heavy atom. The summed E-state index contributed by atoms with van der Waals surface area (Å²) in [6, 6.07) is 20.9. The molecule has 0 radical (unpaired) electrons. The Morgan fingerprint density at radius 3 is 1.50 bits per heavy atom. The van der Waals surface area contributed by atoms with Crippen LogP contribution in [-0.4, -0.2) is 6.54 Å². The lowest BCUT2D eigenvalue weighted by molar-refractivity contribution is 0.406. The highest BCUT2D eigenvalue weighted by Crippen LogP contribution is 2.23. The monoisotopic (exact) mass is 267 g/mol. The smallest absolute Gasteiger partial charge is 0.0829 e. The highest BCUT2D eigenvalue weighted by molar-refractivity contribution is 5.62. The van der Waals surface area contributed by atoms with Crippen molar-refractivity contribution in [2.45, 2.75) is 6.92 Å². The van der Waals surface area contributed by atoms with Gasteiger partial charge in [0, 0.05) is 17.9 Å². The summed E-state index contributed by atoms with van der Waals surface area (Å²) in [4.78, 5) is 2.29. The first kappa shape index (κ1) is 15.6. The summed E-state index contributed by atoms with van der Waals surface area (Å²) in [5.41, 5.74) is 2.48. The molecule has 20 heavy (non-hydrogen) atoms. The van der Waals surface area contributed by atoms with E-state index in [-0.39, 0.29) is 0 Å². The number of ether oxygens (including phenoxy) is 1. The maximum atomic E-state index is 4.36. The molecule has 2 heteroatoms. The Kier molecular flexibility index (Phi) is 7.36. The lowest BCUT2D eigenvalue weighted by Gasteiger charge is -2.23. The Hall–Kier alpha value is -2.48. The van der Waals surface area contributed by atoms with E-state index in [0.29, 0.717) is 0 Å². The first-order chi connectivity index (χ1) is 9.83. The first-order valence-corrected chi connectivity index (χ1v) is 6.58. The van der Waals surface area contributed by atoms with Gasteiger partial charge in [-0.2, -0.15) is 0 Å². The Balaban J connectivity index is 0.000000347. The fraction of sp³-hybridized carbons (Fsp3) is 0.111. The highest BCUT2D eigenvalue weighted by atomic mass is 16.5. The van der Waals surface area contributed by atoms with E-state index < -0.39 is 0 Å². The van der Waals surface area contributed by atoms with Crippen molar-refractivity contribution in [2.24, 2.45) is 0 Å². The van der Waals surface area contributed by atoms with Crippen molar-refractivity contribution in [1.82, 2.24) is 0 Å². The standard InChI is InChI=1S/C14H15N.C4H6O/c1-2-15(13-9-5-3-6-10-13)14-11-7-4-8-12-14;1-3-5-4-2/h3-12H,2H2,1H3;3-4H,1-2H2. The van der Waals surface area contributed by atoms with Crippen LogP contribution >= 0.6 is 0 Å². The summed E-state index contributed by atoms with van der Waals surface area (Å²) < 4.78 is 4.36. The van der Waals surface area contributed by atoms with Crippen molar-refractivity contribution in [2.75, 3.05) is 11.4 Å². The van der Waals surface area contributed by atoms with Crippen LogP contribution in [0.4, 0.5) is 11.4 Å². The molecule has 0 saturated carbocycles. The van der Waals surface area contributed by atoms with Crippen LogP contribution in [0.3, 0.4) is 0 Å². The molecule has 0 aliphatic heterocycles. The van der Waals surface area contributed by atoms with E-state index in [4.69, 9.17) is 0 Å². The minimum absolute atomic E-state index is 0.980. The summed E-state index contributed by atoms with van der Waals surface area (Å²) >= 11 is 0. The number of hydrogen-bond acceptors (Lipinski definition) is 2. The van der Waals surface area contributed by atoms with Gasteiger partial charge in [-0.1, -0.05) is 49.6 Å². The maximum Gasteiger partial charge on any atom is 0.0829 e. The number of nitrogens with zero attached hydrogens (tertiary/aromatic N) is 1. The highest BCUT2D eigenvalue weighted by Gasteiger charge is 2.04. The van der Waals surface area contributed by atoms with Gasteiger partial charge in [-0.15, -0.1) is 0 Å². The van der Waals surface area contributed by atoms with Crippen molar-refractivity contribution < 1.29 is 4.74 Å². The van der Waals surface area contributed by atoms with E-state index in [1.807, 2.05) is 12.1 Å². The molecule has 0 fully saturated rings. The van der Waals surface area contributed by atoms with Crippen LogP contribution in [0, 0.1) is 0 Å². The van der Waals surface area contributed by atoms with Crippen molar-refractivity contribution in [1.29, 1.82) is 0 Å². The minimum Gasteiger partial charge on any atom is -0.474 e. The maximum absolute atomic E-state index is 4.36. The molecule has 0 unspecified atom stereocenters. The van der Waals surface area contributed by atoms with E-state index >= 15 is 0 Å². The normalized spacial score (nSPS) is 8.85. The van der Waals surface area contributed by atoms with Crippen LogP contribution in [0.2, 0.25) is 0 Å². The second-order valence-electron chi connectivity index (χ2n) is 3.88. The first-order valence-electron chi connectivity index (χ1n) is 6.58. The predicted molar refractivity (Wildman–Crippen MR) is 87.0 cm³/mol. The van der Waals surface area contributed by atoms with Crippen molar-refractivity contribution in [3.63, 3.8) is 0 Å². The van der Waals surface area contributed by atoms with Crippen LogP contribution in [-0.2, 0) is 4.74 Å². The average molecular weight is 267 g/mol. The SMILES string of the molecule is C=COC=C.CCN(c1ccccc1)c1ccccc1. The second-order valence-corrected chi connectivity index (χ2v) is 3.88. The van der Waals surface area contributed by atoms with Crippen molar-refractivity contribution in [3.05, 3.63) is 86.3 Å². The molecule has 0 aliphatic carbocycles. The molecule has 0 aliphatic rings. The third-order valence-electron chi connectivity index (χ3n) is 2.64. The quantitative estimate of drug-likeness (QED) is 0.696. The molecule has 0 bridgehead atoms. The summed E-state index contributed by atoms with van der Waals surface area (Å²) in [6.07, 6.45) is 2.62. The van der Waals surface area contributed by atoms with Gasteiger partial charge in [0.25, 0.3) is 0 Å². The van der Waals surface area contributed by atoms with Crippen LogP contribution in [0.25, 0.3) is 0 Å². The molecule has 2 aromatic rings. The van der Waals surface area contributed by atoms with Crippen molar-refractivity contribution in [3.8, 4) is 0 Å². The zero-order chi connectivity index (χ0) is 14.6. The zero-order valence-electron chi connectivity index (χ0n) is 11.9. The number of anilines is 2. The molecule has 2 nitrogen and oxygen atoms in total. The summed E-state index contributed by atoms with van der Waals surface area (Å²) in [7, 11) is 0. The van der Waals surface area contributed by atoms with Gasteiger partial charge >= 0.3 is 0 Å². The van der Waals surface area contributed by atoms with E-state index in [9.17, 15) is 0 Å². The molecule has 0 aromatic heterocycles. The molecule has 2 rings (SSSR count). The molecule has 0 saturated heterocycles. The Bertz CT molecular complexity index is 448. The number of rotatable bonds is 5. The third kappa shape index (κ3) is 5.02. The van der Waals surface area contributed by atoms with E-state index in [2.05, 4.69) is 78.2 Å². The second kappa shape index (κ2) is 9.45. The summed E-state index contributed by atoms with van der Waals surface area (Å²) in [6.45, 7) is 9.66. The Morgan fingerprint density at radius 2 is 1.25 bits per heavy atom. The summed E-state index contributed by atoms with van der Waals surface area (Å²) in [5, 5.41) is 0. The van der Waals surface area contributed by atoms with Gasteiger partial charge in [-0.25, -0.2) is 0 Å². The number of para-hydroxylation sites is 2. The topological polar surface area (TPSA) is 12.5 Å². The predicted octanol–water partition coefficient (Wildman–Crippen LogP) is 5.13. The lowest BCUT2D eigenvalue weighted by atomic mass is 10.2. The van der Waals surface area contributed by atoms with E-state index in [1.54, 1.807) is 0 Å². The van der Waals surface area contributed by atoms with Crippen molar-refractivity contribution >= 4 is 11.4 Å². The molecule has 0 atom stereocenters. The number of hydrogen-bond donors (Lipinski definition) is 0. The fourth-order valence-corrected chi connectivity index (χ4v) is 1.80. The largest absolute Gasteiger partial charge is 0.474 e. The van der Waals surface area contributed by atoms with Crippen LogP contribution in [0.5, 0.6) is 0 Å². The molecular weight excluding hydrogens is 246 g/mol. The van der Waals surface area contributed by atoms with Gasteiger partial charge in [0.2, 0.25) is 0 Å². The minimum atomic E-state index is 0.980. The molecular formula is C18H21NO. The summed E-state index contributed by atoms with van der Waals surface area (Å²) in [5.74, 6) is 0. The van der Waals surface area contributed by atoms with Gasteiger partial charge in [-0.05, 0) is 31.2 Å². The molecule has 0 amide bonds. The average Bonchev–Trinajstić information content (AvgIpc) is 2.52. The fourth-order valence-electron chi connectivity index (χ4n) is 1.80. The number of benzene rings is 2. The van der Waals surface area contributed by atoms with Gasteiger partial charge < -0.3 is 9.64 Å². The van der Waals surface area contributed by atoms with Gasteiger partial charge in [0.15, 0.2) is 0 Å². The molecule has 0 heterocycles. The van der Waals surface area contributed by atoms with E-state index in [1.165, 1.54) is 23.9 Å². The molecule has 0 N–H and O–H groups in total. The zero-order valence-corrected chi connectivity index (χ0v) is 11.9. The van der Waals surface area contributed by atoms with Crippen LogP contribution in [0.1, 0.15) is 6.92 Å². The van der Waals surface area contributed by atoms with Gasteiger partial charge in [0.05, 0.1) is 12.5 Å². The van der Waals surface area contributed by atoms with E-state index in [0.717, 1.165) is 6.54 Å². The molecule has 0 spiro atoms. The van der Waals surface area contributed by atoms with Crippen LogP contribution < -0.4 is 4.90 Å².